The number of imidazole rings is 1. The Kier molecular flexibility index (Phi) is 4.62. The number of amides is 1. The number of nitrogens with one attached hydrogen (secondary N) is 1. The summed E-state index contributed by atoms with van der Waals surface area (Å²) in [6.07, 6.45) is 10.7. The third kappa shape index (κ3) is 3.69. The molecule has 3 aromatic rings. The van der Waals surface area contributed by atoms with Gasteiger partial charge in [0.1, 0.15) is 5.75 Å². The second-order valence-corrected chi connectivity index (χ2v) is 6.98. The zero-order chi connectivity index (χ0) is 18.7. The lowest BCUT2D eigenvalue weighted by Crippen LogP contribution is -2.37. The molecule has 6 heteroatoms. The molecule has 6 nitrogen and oxygen atoms in total. The minimum atomic E-state index is -0.349. The number of nitrogens with zero attached hydrogens (tertiary/aromatic N) is 3. The molecule has 1 N–H and O–H groups in total. The fourth-order valence-electron chi connectivity index (χ4n) is 3.33. The van der Waals surface area contributed by atoms with Crippen molar-refractivity contribution in [2.75, 3.05) is 7.11 Å². The lowest BCUT2D eigenvalue weighted by molar-refractivity contribution is -0.127. The Balaban J connectivity index is 1.58. The highest BCUT2D eigenvalue weighted by Gasteiger charge is 2.50. The number of methoxy groups -OCH3 is 1. The third-order valence-electron chi connectivity index (χ3n) is 5.14. The van der Waals surface area contributed by atoms with Crippen LogP contribution in [0.1, 0.15) is 30.0 Å². The molecule has 1 atom stereocenters. The Morgan fingerprint density at radius 1 is 1.11 bits per heavy atom. The summed E-state index contributed by atoms with van der Waals surface area (Å²) in [4.78, 5) is 21.3. The second-order valence-electron chi connectivity index (χ2n) is 6.98. The van der Waals surface area contributed by atoms with Crippen LogP contribution in [-0.4, -0.2) is 27.6 Å². The van der Waals surface area contributed by atoms with Gasteiger partial charge in [0.2, 0.25) is 5.91 Å². The smallest absolute Gasteiger partial charge is 0.228 e. The fourth-order valence-corrected chi connectivity index (χ4v) is 3.33. The normalized spacial score (nSPS) is 15.7. The van der Waals surface area contributed by atoms with Crippen LogP contribution in [-0.2, 0) is 11.3 Å². The quantitative estimate of drug-likeness (QED) is 0.702. The predicted molar refractivity (Wildman–Crippen MR) is 101 cm³/mol. The first-order valence-corrected chi connectivity index (χ1v) is 9.01. The van der Waals surface area contributed by atoms with Crippen molar-refractivity contribution < 1.29 is 9.53 Å². The van der Waals surface area contributed by atoms with E-state index in [0.29, 0.717) is 6.54 Å². The molecule has 138 valence electrons. The van der Waals surface area contributed by atoms with E-state index >= 15 is 0 Å². The van der Waals surface area contributed by atoms with Gasteiger partial charge in [0.05, 0.1) is 24.9 Å². The highest BCUT2D eigenvalue weighted by atomic mass is 16.5. The molecule has 4 rings (SSSR count). The second kappa shape index (κ2) is 7.23. The van der Waals surface area contributed by atoms with Crippen LogP contribution in [0.25, 0.3) is 0 Å². The molecule has 2 aromatic heterocycles. The molecular formula is C21H22N4O2. The van der Waals surface area contributed by atoms with Crippen molar-refractivity contribution in [3.63, 3.8) is 0 Å². The monoisotopic (exact) mass is 362 g/mol. The largest absolute Gasteiger partial charge is 0.497 e. The lowest BCUT2D eigenvalue weighted by atomic mass is 9.97. The van der Waals surface area contributed by atoms with Crippen molar-refractivity contribution in [2.24, 2.45) is 5.41 Å². The van der Waals surface area contributed by atoms with Crippen molar-refractivity contribution in [3.8, 4) is 5.75 Å². The number of pyridine rings is 1. The van der Waals surface area contributed by atoms with E-state index < -0.39 is 0 Å². The zero-order valence-electron chi connectivity index (χ0n) is 15.2. The molecule has 0 spiro atoms. The molecule has 1 amide bonds. The van der Waals surface area contributed by atoms with Gasteiger partial charge in [-0.05, 0) is 48.2 Å². The van der Waals surface area contributed by atoms with Crippen LogP contribution in [0.4, 0.5) is 0 Å². The average molecular weight is 362 g/mol. The molecule has 1 fully saturated rings. The third-order valence-corrected chi connectivity index (χ3v) is 5.14. The van der Waals surface area contributed by atoms with E-state index in [4.69, 9.17) is 4.74 Å². The molecule has 27 heavy (non-hydrogen) atoms. The Morgan fingerprint density at radius 3 is 2.41 bits per heavy atom. The van der Waals surface area contributed by atoms with Crippen molar-refractivity contribution >= 4 is 5.91 Å². The number of carbonyl (C=O) groups is 1. The first-order valence-electron chi connectivity index (χ1n) is 9.01. The van der Waals surface area contributed by atoms with Gasteiger partial charge < -0.3 is 14.6 Å². The summed E-state index contributed by atoms with van der Waals surface area (Å²) < 4.78 is 7.23. The number of aromatic nitrogens is 3. The van der Waals surface area contributed by atoms with Crippen molar-refractivity contribution in [3.05, 3.63) is 78.6 Å². The van der Waals surface area contributed by atoms with E-state index in [0.717, 1.165) is 29.7 Å². The maximum atomic E-state index is 13.1. The maximum absolute atomic E-state index is 13.1. The summed E-state index contributed by atoms with van der Waals surface area (Å²) in [5.74, 6) is 0.867. The Labute approximate surface area is 158 Å². The van der Waals surface area contributed by atoms with Crippen LogP contribution in [0.2, 0.25) is 0 Å². The van der Waals surface area contributed by atoms with E-state index in [2.05, 4.69) is 15.3 Å². The molecule has 0 radical (unpaired) electrons. The van der Waals surface area contributed by atoms with Gasteiger partial charge in [-0.15, -0.1) is 0 Å². The Morgan fingerprint density at radius 2 is 1.81 bits per heavy atom. The summed E-state index contributed by atoms with van der Waals surface area (Å²) in [6.45, 7) is 0.657. The number of hydrogen-bond acceptors (Lipinski definition) is 4. The molecule has 0 saturated heterocycles. The first kappa shape index (κ1) is 17.3. The zero-order valence-corrected chi connectivity index (χ0v) is 15.2. The summed E-state index contributed by atoms with van der Waals surface area (Å²) in [5.41, 5.74) is 1.66. The van der Waals surface area contributed by atoms with E-state index in [1.165, 1.54) is 0 Å². The summed E-state index contributed by atoms with van der Waals surface area (Å²) in [5, 5.41) is 3.26. The minimum absolute atomic E-state index is 0.0776. The Hall–Kier alpha value is -3.15. The summed E-state index contributed by atoms with van der Waals surface area (Å²) in [7, 11) is 1.64. The molecule has 2 heterocycles. The highest BCUT2D eigenvalue weighted by Crippen LogP contribution is 2.48. The van der Waals surface area contributed by atoms with Crippen LogP contribution in [0.5, 0.6) is 5.75 Å². The molecule has 1 aliphatic rings. The van der Waals surface area contributed by atoms with Crippen molar-refractivity contribution in [1.29, 1.82) is 0 Å². The van der Waals surface area contributed by atoms with Gasteiger partial charge in [-0.25, -0.2) is 4.98 Å². The van der Waals surface area contributed by atoms with Gasteiger partial charge in [-0.2, -0.15) is 0 Å². The number of rotatable bonds is 7. The highest BCUT2D eigenvalue weighted by molar-refractivity contribution is 5.86. The molecule has 0 aliphatic heterocycles. The van der Waals surface area contributed by atoms with E-state index in [9.17, 15) is 4.79 Å². The SMILES string of the molecule is COc1ccc([C@@H](NC(=O)C2(Cn3ccnc3)CC2)c2ccncc2)cc1. The number of benzene rings is 1. The van der Waals surface area contributed by atoms with E-state index in [1.54, 1.807) is 32.0 Å². The van der Waals surface area contributed by atoms with Gasteiger partial charge in [-0.1, -0.05) is 12.1 Å². The van der Waals surface area contributed by atoms with Crippen LogP contribution < -0.4 is 10.1 Å². The predicted octanol–water partition coefficient (Wildman–Crippen LogP) is 2.97. The number of ether oxygens (including phenoxy) is 1. The summed E-state index contributed by atoms with van der Waals surface area (Å²) >= 11 is 0. The van der Waals surface area contributed by atoms with Crippen LogP contribution in [0.3, 0.4) is 0 Å². The molecule has 1 aromatic carbocycles. The minimum Gasteiger partial charge on any atom is -0.497 e. The summed E-state index contributed by atoms with van der Waals surface area (Å²) in [6, 6.07) is 11.4. The van der Waals surface area contributed by atoms with E-state index in [-0.39, 0.29) is 17.4 Å². The van der Waals surface area contributed by atoms with Gasteiger partial charge in [-0.3, -0.25) is 9.78 Å². The van der Waals surface area contributed by atoms with E-state index in [1.807, 2.05) is 47.2 Å². The fraction of sp³-hybridized carbons (Fsp3) is 0.286. The van der Waals surface area contributed by atoms with Crippen molar-refractivity contribution in [1.82, 2.24) is 19.9 Å². The topological polar surface area (TPSA) is 69.0 Å². The number of carbonyl (C=O) groups excluding carboxylic acids is 1. The van der Waals surface area contributed by atoms with Gasteiger partial charge in [0.25, 0.3) is 0 Å². The lowest BCUT2D eigenvalue weighted by Gasteiger charge is -2.24. The average Bonchev–Trinajstić information content (AvgIpc) is 3.32. The van der Waals surface area contributed by atoms with Crippen LogP contribution >= 0.6 is 0 Å². The maximum Gasteiger partial charge on any atom is 0.228 e. The molecule has 1 saturated carbocycles. The van der Waals surface area contributed by atoms with Crippen molar-refractivity contribution in [2.45, 2.75) is 25.4 Å². The molecule has 1 aliphatic carbocycles. The first-order chi connectivity index (χ1) is 13.2. The molecule has 0 unspecified atom stereocenters. The number of hydrogen-bond donors (Lipinski definition) is 1. The van der Waals surface area contributed by atoms with Gasteiger partial charge in [0, 0.05) is 31.3 Å². The van der Waals surface area contributed by atoms with Crippen LogP contribution in [0, 0.1) is 5.41 Å². The molecular weight excluding hydrogens is 340 g/mol. The standard InChI is InChI=1S/C21H22N4O2/c1-27-18-4-2-16(3-5-18)19(17-6-10-22-11-7-17)24-20(26)21(8-9-21)14-25-13-12-23-15-25/h2-7,10-13,15,19H,8-9,14H2,1H3,(H,24,26)/t19-/m1/s1. The van der Waals surface area contributed by atoms with Crippen LogP contribution in [0.15, 0.2) is 67.5 Å². The Bertz CT molecular complexity index is 888. The van der Waals surface area contributed by atoms with Gasteiger partial charge in [0.15, 0.2) is 0 Å². The van der Waals surface area contributed by atoms with Gasteiger partial charge >= 0.3 is 0 Å². The molecule has 0 bridgehead atoms.